The molecule has 1 unspecified atom stereocenters. The maximum Gasteiger partial charge on any atom is 0.0616 e. The number of aliphatic hydroxyl groups is 1. The highest BCUT2D eigenvalue weighted by molar-refractivity contribution is 7.11. The zero-order valence-electron chi connectivity index (χ0n) is 11.4. The largest absolute Gasteiger partial charge is 0.392 e. The summed E-state index contributed by atoms with van der Waals surface area (Å²) in [5.41, 5.74) is 0. The zero-order chi connectivity index (χ0) is 12.7. The topological polar surface area (TPSA) is 20.2 Å². The fraction of sp³-hybridized carbons (Fsp3) is 0.733. The number of hydrogen-bond donors (Lipinski definition) is 1. The molecule has 0 fully saturated rings. The number of thiophene rings is 1. The van der Waals surface area contributed by atoms with Gasteiger partial charge < -0.3 is 5.11 Å². The van der Waals surface area contributed by atoms with E-state index in [0.717, 1.165) is 25.7 Å². The van der Waals surface area contributed by atoms with Crippen molar-refractivity contribution in [3.05, 3.63) is 21.9 Å². The molecule has 0 spiro atoms. The van der Waals surface area contributed by atoms with Gasteiger partial charge in [-0.05, 0) is 37.3 Å². The van der Waals surface area contributed by atoms with E-state index >= 15 is 0 Å². The van der Waals surface area contributed by atoms with E-state index in [0.29, 0.717) is 5.92 Å². The van der Waals surface area contributed by atoms with Gasteiger partial charge in [-0.15, -0.1) is 11.3 Å². The van der Waals surface area contributed by atoms with E-state index < -0.39 is 0 Å². The summed E-state index contributed by atoms with van der Waals surface area (Å²) in [7, 11) is 0. The molecule has 0 aliphatic carbocycles. The molecular formula is C15H26OS. The predicted molar refractivity (Wildman–Crippen MR) is 76.7 cm³/mol. The fourth-order valence-electron chi connectivity index (χ4n) is 2.37. The Morgan fingerprint density at radius 3 is 2.12 bits per heavy atom. The zero-order valence-corrected chi connectivity index (χ0v) is 12.2. The lowest BCUT2D eigenvalue weighted by Crippen LogP contribution is -2.22. The first-order valence-electron chi connectivity index (χ1n) is 6.96. The highest BCUT2D eigenvalue weighted by Gasteiger charge is 2.18. The second-order valence-corrected chi connectivity index (χ2v) is 6.08. The smallest absolute Gasteiger partial charge is 0.0616 e. The summed E-state index contributed by atoms with van der Waals surface area (Å²) in [6.45, 7) is 6.59. The number of rotatable bonds is 8. The van der Waals surface area contributed by atoms with Crippen LogP contribution in [0.5, 0.6) is 0 Å². The fourth-order valence-corrected chi connectivity index (χ4v) is 3.37. The highest BCUT2D eigenvalue weighted by Crippen LogP contribution is 2.24. The third-order valence-electron chi connectivity index (χ3n) is 3.34. The molecule has 1 heterocycles. The van der Waals surface area contributed by atoms with E-state index in [1.165, 1.54) is 22.6 Å². The Kier molecular flexibility index (Phi) is 6.83. The maximum atomic E-state index is 10.3. The molecule has 0 bridgehead atoms. The minimum Gasteiger partial charge on any atom is -0.392 e. The average Bonchev–Trinajstić information content (AvgIpc) is 2.76. The van der Waals surface area contributed by atoms with Gasteiger partial charge in [-0.3, -0.25) is 0 Å². The van der Waals surface area contributed by atoms with Gasteiger partial charge >= 0.3 is 0 Å². The van der Waals surface area contributed by atoms with Gasteiger partial charge in [0.25, 0.3) is 0 Å². The summed E-state index contributed by atoms with van der Waals surface area (Å²) < 4.78 is 0. The number of aliphatic hydroxyl groups excluding tert-OH is 1. The standard InChI is InChI=1S/C15H26OS/c1-4-7-12(8-5-2)15(16)11-14-10-9-13(6-3)17-14/h9-10,12,15-16H,4-8,11H2,1-3H3. The monoisotopic (exact) mass is 254 g/mol. The van der Waals surface area contributed by atoms with Crippen molar-refractivity contribution in [1.29, 1.82) is 0 Å². The van der Waals surface area contributed by atoms with Crippen LogP contribution < -0.4 is 0 Å². The van der Waals surface area contributed by atoms with Gasteiger partial charge in [0.1, 0.15) is 0 Å². The van der Waals surface area contributed by atoms with Gasteiger partial charge in [-0.2, -0.15) is 0 Å². The van der Waals surface area contributed by atoms with Crippen LogP contribution in [0.2, 0.25) is 0 Å². The molecule has 0 radical (unpaired) electrons. The lowest BCUT2D eigenvalue weighted by atomic mass is 9.90. The molecule has 17 heavy (non-hydrogen) atoms. The van der Waals surface area contributed by atoms with Crippen LogP contribution in [-0.2, 0) is 12.8 Å². The van der Waals surface area contributed by atoms with Crippen molar-refractivity contribution in [3.63, 3.8) is 0 Å². The molecule has 0 saturated heterocycles. The second kappa shape index (κ2) is 7.88. The first kappa shape index (κ1) is 14.7. The lowest BCUT2D eigenvalue weighted by molar-refractivity contribution is 0.0971. The number of aryl methyl sites for hydroxylation is 1. The van der Waals surface area contributed by atoms with E-state index in [1.54, 1.807) is 0 Å². The Morgan fingerprint density at radius 1 is 1.06 bits per heavy atom. The van der Waals surface area contributed by atoms with Gasteiger partial charge in [0, 0.05) is 16.2 Å². The third-order valence-corrected chi connectivity index (χ3v) is 4.59. The molecule has 98 valence electrons. The normalized spacial score (nSPS) is 13.2. The molecule has 1 aromatic heterocycles. The molecule has 0 aliphatic heterocycles. The summed E-state index contributed by atoms with van der Waals surface area (Å²) >= 11 is 1.85. The summed E-state index contributed by atoms with van der Waals surface area (Å²) in [5.74, 6) is 0.483. The Labute approximate surface area is 110 Å². The molecular weight excluding hydrogens is 228 g/mol. The molecule has 0 aromatic carbocycles. The van der Waals surface area contributed by atoms with Crippen LogP contribution in [-0.4, -0.2) is 11.2 Å². The van der Waals surface area contributed by atoms with Gasteiger partial charge in [0.05, 0.1) is 6.10 Å². The van der Waals surface area contributed by atoms with Crippen LogP contribution in [0.25, 0.3) is 0 Å². The van der Waals surface area contributed by atoms with Crippen molar-refractivity contribution in [1.82, 2.24) is 0 Å². The average molecular weight is 254 g/mol. The Bertz CT molecular complexity index is 300. The molecule has 0 amide bonds. The minimum atomic E-state index is -0.154. The minimum absolute atomic E-state index is 0.154. The summed E-state index contributed by atoms with van der Waals surface area (Å²) in [5, 5.41) is 10.3. The predicted octanol–water partition coefficient (Wildman–Crippen LogP) is 4.43. The van der Waals surface area contributed by atoms with Crippen LogP contribution in [0.15, 0.2) is 12.1 Å². The van der Waals surface area contributed by atoms with Crippen molar-refractivity contribution in [2.24, 2.45) is 5.92 Å². The third kappa shape index (κ3) is 4.81. The van der Waals surface area contributed by atoms with Crippen molar-refractivity contribution in [3.8, 4) is 0 Å². The molecule has 2 heteroatoms. The van der Waals surface area contributed by atoms with Crippen LogP contribution in [0.4, 0.5) is 0 Å². The van der Waals surface area contributed by atoms with E-state index in [1.807, 2.05) is 11.3 Å². The van der Waals surface area contributed by atoms with Crippen molar-refractivity contribution in [2.45, 2.75) is 65.4 Å². The van der Waals surface area contributed by atoms with E-state index in [9.17, 15) is 5.11 Å². The van der Waals surface area contributed by atoms with E-state index in [-0.39, 0.29) is 6.10 Å². The van der Waals surface area contributed by atoms with E-state index in [4.69, 9.17) is 0 Å². The Morgan fingerprint density at radius 2 is 1.65 bits per heavy atom. The van der Waals surface area contributed by atoms with Crippen LogP contribution >= 0.6 is 11.3 Å². The molecule has 1 aromatic rings. The van der Waals surface area contributed by atoms with Gasteiger partial charge in [-0.25, -0.2) is 0 Å². The first-order valence-corrected chi connectivity index (χ1v) is 7.78. The quantitative estimate of drug-likeness (QED) is 0.727. The SMILES string of the molecule is CCCC(CCC)C(O)Cc1ccc(CC)s1. The number of hydrogen-bond acceptors (Lipinski definition) is 2. The maximum absolute atomic E-state index is 10.3. The van der Waals surface area contributed by atoms with Crippen LogP contribution in [0.3, 0.4) is 0 Å². The van der Waals surface area contributed by atoms with Crippen molar-refractivity contribution >= 4 is 11.3 Å². The Balaban J connectivity index is 2.52. The highest BCUT2D eigenvalue weighted by atomic mass is 32.1. The lowest BCUT2D eigenvalue weighted by Gasteiger charge is -2.21. The molecule has 1 rings (SSSR count). The van der Waals surface area contributed by atoms with Crippen LogP contribution in [0.1, 0.15) is 56.2 Å². The van der Waals surface area contributed by atoms with Crippen LogP contribution in [0, 0.1) is 5.92 Å². The summed E-state index contributed by atoms with van der Waals surface area (Å²) in [6.07, 6.45) is 6.45. The van der Waals surface area contributed by atoms with Crippen molar-refractivity contribution < 1.29 is 5.11 Å². The van der Waals surface area contributed by atoms with E-state index in [2.05, 4.69) is 32.9 Å². The van der Waals surface area contributed by atoms with Gasteiger partial charge in [0.15, 0.2) is 0 Å². The molecule has 0 saturated carbocycles. The molecule has 1 N–H and O–H groups in total. The molecule has 1 atom stereocenters. The molecule has 1 nitrogen and oxygen atoms in total. The second-order valence-electron chi connectivity index (χ2n) is 4.83. The summed E-state index contributed by atoms with van der Waals surface area (Å²) in [4.78, 5) is 2.77. The summed E-state index contributed by atoms with van der Waals surface area (Å²) in [6, 6.07) is 4.38. The van der Waals surface area contributed by atoms with Crippen molar-refractivity contribution in [2.75, 3.05) is 0 Å². The van der Waals surface area contributed by atoms with Gasteiger partial charge in [0.2, 0.25) is 0 Å². The molecule has 0 aliphatic rings. The van der Waals surface area contributed by atoms with Gasteiger partial charge in [-0.1, -0.05) is 33.6 Å². The Hall–Kier alpha value is -0.340. The first-order chi connectivity index (χ1) is 8.21.